The second-order valence-electron chi connectivity index (χ2n) is 4.93. The molecule has 0 bridgehead atoms. The van der Waals surface area contributed by atoms with E-state index in [0.717, 1.165) is 18.6 Å². The van der Waals surface area contributed by atoms with Gasteiger partial charge in [-0.05, 0) is 38.0 Å². The number of para-hydroxylation sites is 2. The molecule has 2 aliphatic rings. The fourth-order valence-corrected chi connectivity index (χ4v) is 2.19. The molecule has 0 radical (unpaired) electrons. The first-order valence-electron chi connectivity index (χ1n) is 6.64. The molecule has 1 N–H and O–H groups in total. The summed E-state index contributed by atoms with van der Waals surface area (Å²) in [6.07, 6.45) is 3.20. The van der Waals surface area contributed by atoms with Gasteiger partial charge in [-0.1, -0.05) is 17.7 Å². The van der Waals surface area contributed by atoms with Crippen molar-refractivity contribution in [2.45, 2.75) is 25.9 Å². The monoisotopic (exact) mass is 272 g/mol. The molecule has 0 saturated heterocycles. The van der Waals surface area contributed by atoms with E-state index in [1.807, 2.05) is 24.3 Å². The standard InChI is InChI=1S/C15H16N2O3/c1-10-6-7-11(8-10)16-17-15(18)14-9-19-12-4-2-3-5-13(12)20-14/h2-5,8,14H,6-7,9H2,1H3,(H,17,18)/b16-11+/t14-/m0/s1. The molecule has 0 saturated carbocycles. The van der Waals surface area contributed by atoms with Crippen LogP contribution in [-0.2, 0) is 4.79 Å². The molecule has 0 aromatic heterocycles. The third kappa shape index (κ3) is 2.66. The van der Waals surface area contributed by atoms with Crippen molar-refractivity contribution in [3.05, 3.63) is 35.9 Å². The lowest BCUT2D eigenvalue weighted by Gasteiger charge is -2.24. The van der Waals surface area contributed by atoms with Crippen LogP contribution in [0, 0.1) is 0 Å². The van der Waals surface area contributed by atoms with Gasteiger partial charge in [-0.3, -0.25) is 4.79 Å². The van der Waals surface area contributed by atoms with E-state index in [1.54, 1.807) is 6.07 Å². The van der Waals surface area contributed by atoms with Crippen LogP contribution in [0.25, 0.3) is 0 Å². The molecular weight excluding hydrogens is 256 g/mol. The first kappa shape index (κ1) is 12.7. The molecule has 20 heavy (non-hydrogen) atoms. The van der Waals surface area contributed by atoms with Gasteiger partial charge >= 0.3 is 0 Å². The maximum Gasteiger partial charge on any atom is 0.284 e. The van der Waals surface area contributed by atoms with Gasteiger partial charge in [-0.2, -0.15) is 5.10 Å². The van der Waals surface area contributed by atoms with Crippen molar-refractivity contribution >= 4 is 11.6 Å². The number of amides is 1. The van der Waals surface area contributed by atoms with Crippen molar-refractivity contribution in [1.82, 2.24) is 5.43 Å². The van der Waals surface area contributed by atoms with Crippen molar-refractivity contribution in [3.63, 3.8) is 0 Å². The number of nitrogens with one attached hydrogen (secondary N) is 1. The molecule has 1 atom stereocenters. The number of hydrogen-bond donors (Lipinski definition) is 1. The Morgan fingerprint density at radius 2 is 2.10 bits per heavy atom. The SMILES string of the molecule is CC1=C/C(=N/NC(=O)[C@@H]2COc3ccccc3O2)CC1. The molecule has 5 heteroatoms. The number of hydrogen-bond acceptors (Lipinski definition) is 4. The Labute approximate surface area is 117 Å². The molecular formula is C15H16N2O3. The Balaban J connectivity index is 1.62. The lowest BCUT2D eigenvalue weighted by Crippen LogP contribution is -2.42. The van der Waals surface area contributed by atoms with Crippen molar-refractivity contribution in [2.24, 2.45) is 5.10 Å². The van der Waals surface area contributed by atoms with E-state index in [9.17, 15) is 4.79 Å². The van der Waals surface area contributed by atoms with Crippen molar-refractivity contribution in [3.8, 4) is 11.5 Å². The zero-order valence-electron chi connectivity index (χ0n) is 11.3. The van der Waals surface area contributed by atoms with Crippen molar-refractivity contribution in [2.75, 3.05) is 6.61 Å². The molecule has 0 unspecified atom stereocenters. The minimum absolute atomic E-state index is 0.197. The minimum atomic E-state index is -0.666. The van der Waals surface area contributed by atoms with Crippen molar-refractivity contribution in [1.29, 1.82) is 0 Å². The number of benzene rings is 1. The number of ether oxygens (including phenoxy) is 2. The molecule has 0 fully saturated rings. The molecule has 3 rings (SSSR count). The Morgan fingerprint density at radius 3 is 2.85 bits per heavy atom. The minimum Gasteiger partial charge on any atom is -0.485 e. The average molecular weight is 272 g/mol. The summed E-state index contributed by atoms with van der Waals surface area (Å²) in [6, 6.07) is 7.30. The fraction of sp³-hybridized carbons (Fsp3) is 0.333. The van der Waals surface area contributed by atoms with Crippen LogP contribution in [-0.4, -0.2) is 24.3 Å². The molecule has 5 nitrogen and oxygen atoms in total. The number of rotatable bonds is 2. The van der Waals surface area contributed by atoms with Gasteiger partial charge in [0.2, 0.25) is 6.10 Å². The van der Waals surface area contributed by atoms with Crippen LogP contribution in [0.15, 0.2) is 41.0 Å². The number of allylic oxidation sites excluding steroid dienone is 2. The van der Waals surface area contributed by atoms with E-state index in [1.165, 1.54) is 5.57 Å². The molecule has 1 amide bonds. The van der Waals surface area contributed by atoms with Crippen LogP contribution < -0.4 is 14.9 Å². The molecule has 1 aromatic rings. The van der Waals surface area contributed by atoms with Crippen LogP contribution in [0.1, 0.15) is 19.8 Å². The highest BCUT2D eigenvalue weighted by atomic mass is 16.6. The summed E-state index contributed by atoms with van der Waals surface area (Å²) in [7, 11) is 0. The number of hydrazone groups is 1. The van der Waals surface area contributed by atoms with Gasteiger partial charge in [0.1, 0.15) is 6.61 Å². The normalized spacial score (nSPS) is 22.6. The van der Waals surface area contributed by atoms with E-state index < -0.39 is 6.10 Å². The molecule has 1 aliphatic carbocycles. The molecule has 1 aliphatic heterocycles. The quantitative estimate of drug-likeness (QED) is 0.838. The molecule has 1 aromatic carbocycles. The van der Waals surface area contributed by atoms with Gasteiger partial charge in [-0.25, -0.2) is 5.43 Å². The van der Waals surface area contributed by atoms with E-state index in [0.29, 0.717) is 11.5 Å². The highest BCUT2D eigenvalue weighted by Gasteiger charge is 2.27. The van der Waals surface area contributed by atoms with Gasteiger partial charge in [0.25, 0.3) is 5.91 Å². The summed E-state index contributed by atoms with van der Waals surface area (Å²) in [4.78, 5) is 12.0. The Kier molecular flexibility index (Phi) is 3.41. The van der Waals surface area contributed by atoms with Gasteiger partial charge in [0, 0.05) is 0 Å². The highest BCUT2D eigenvalue weighted by molar-refractivity contribution is 5.98. The van der Waals surface area contributed by atoms with Gasteiger partial charge < -0.3 is 9.47 Å². The molecule has 1 heterocycles. The largest absolute Gasteiger partial charge is 0.485 e. The Morgan fingerprint density at radius 1 is 1.30 bits per heavy atom. The number of nitrogens with zero attached hydrogens (tertiary/aromatic N) is 1. The number of carbonyl (C=O) groups is 1. The fourth-order valence-electron chi connectivity index (χ4n) is 2.19. The van der Waals surface area contributed by atoms with Crippen LogP contribution >= 0.6 is 0 Å². The highest BCUT2D eigenvalue weighted by Crippen LogP contribution is 2.30. The maximum absolute atomic E-state index is 12.0. The second-order valence-corrected chi connectivity index (χ2v) is 4.93. The summed E-state index contributed by atoms with van der Waals surface area (Å²) in [5.74, 6) is 0.963. The first-order valence-corrected chi connectivity index (χ1v) is 6.64. The summed E-state index contributed by atoms with van der Waals surface area (Å²) in [5, 5.41) is 4.11. The molecule has 0 spiro atoms. The van der Waals surface area contributed by atoms with Crippen LogP contribution in [0.2, 0.25) is 0 Å². The van der Waals surface area contributed by atoms with Crippen molar-refractivity contribution < 1.29 is 14.3 Å². The maximum atomic E-state index is 12.0. The second kappa shape index (κ2) is 5.36. The number of fused-ring (bicyclic) bond motifs is 1. The van der Waals surface area contributed by atoms with Crippen LogP contribution in [0.4, 0.5) is 0 Å². The lowest BCUT2D eigenvalue weighted by molar-refractivity contribution is -0.130. The first-order chi connectivity index (χ1) is 9.72. The topological polar surface area (TPSA) is 59.9 Å². The van der Waals surface area contributed by atoms with Gasteiger partial charge in [0.15, 0.2) is 11.5 Å². The molecule has 104 valence electrons. The van der Waals surface area contributed by atoms with Gasteiger partial charge in [-0.15, -0.1) is 0 Å². The van der Waals surface area contributed by atoms with Crippen LogP contribution in [0.5, 0.6) is 11.5 Å². The van der Waals surface area contributed by atoms with E-state index in [2.05, 4.69) is 17.5 Å². The predicted molar refractivity (Wildman–Crippen MR) is 74.9 cm³/mol. The Bertz CT molecular complexity index is 593. The predicted octanol–water partition coefficient (Wildman–Crippen LogP) is 2.04. The zero-order valence-corrected chi connectivity index (χ0v) is 11.3. The third-order valence-corrected chi connectivity index (χ3v) is 3.30. The summed E-state index contributed by atoms with van der Waals surface area (Å²) in [6.45, 7) is 2.25. The lowest BCUT2D eigenvalue weighted by atomic mass is 10.2. The van der Waals surface area contributed by atoms with E-state index in [-0.39, 0.29) is 12.5 Å². The summed E-state index contributed by atoms with van der Waals surface area (Å²) >= 11 is 0. The zero-order chi connectivity index (χ0) is 13.9. The summed E-state index contributed by atoms with van der Waals surface area (Å²) in [5.41, 5.74) is 4.72. The Hall–Kier alpha value is -2.30. The van der Waals surface area contributed by atoms with Crippen LogP contribution in [0.3, 0.4) is 0 Å². The van der Waals surface area contributed by atoms with Gasteiger partial charge in [0.05, 0.1) is 5.71 Å². The number of carbonyl (C=O) groups excluding carboxylic acids is 1. The van der Waals surface area contributed by atoms with E-state index >= 15 is 0 Å². The third-order valence-electron chi connectivity index (χ3n) is 3.30. The van der Waals surface area contributed by atoms with E-state index in [4.69, 9.17) is 9.47 Å². The smallest absolute Gasteiger partial charge is 0.284 e. The summed E-state index contributed by atoms with van der Waals surface area (Å²) < 4.78 is 11.1. The average Bonchev–Trinajstić information content (AvgIpc) is 2.90.